The molecule has 0 unspecified atom stereocenters. The molecule has 3 rings (SSSR count). The molecular formula is C22H25N3O5. The zero-order valence-electron chi connectivity index (χ0n) is 16.9. The van der Waals surface area contributed by atoms with Gasteiger partial charge >= 0.3 is 0 Å². The normalized spacial score (nSPS) is 14.0. The van der Waals surface area contributed by atoms with Gasteiger partial charge in [-0.2, -0.15) is 0 Å². The molecule has 2 aromatic carbocycles. The number of ether oxygens (including phenoxy) is 1. The van der Waals surface area contributed by atoms with Crippen molar-refractivity contribution >= 4 is 23.2 Å². The first kappa shape index (κ1) is 21.3. The second-order valence-electron chi connectivity index (χ2n) is 7.37. The average molecular weight is 411 g/mol. The second-order valence-corrected chi connectivity index (χ2v) is 7.37. The molecule has 0 aromatic heterocycles. The van der Waals surface area contributed by atoms with Crippen molar-refractivity contribution in [1.82, 2.24) is 4.90 Å². The van der Waals surface area contributed by atoms with Gasteiger partial charge in [0.25, 0.3) is 17.5 Å². The monoisotopic (exact) mass is 411 g/mol. The van der Waals surface area contributed by atoms with Crippen LogP contribution >= 0.6 is 0 Å². The fraction of sp³-hybridized carbons (Fsp3) is 0.364. The molecule has 8 heteroatoms. The summed E-state index contributed by atoms with van der Waals surface area (Å²) in [4.78, 5) is 36.7. The standard InChI is InChI=1S/C22H25N3O5/c1-24(18-7-3-2-4-8-18)21(26)15-30-20-12-10-17(11-13-20)23-22(27)16-6-5-9-19(14-16)25(28)29/h5-6,9-14,18H,2-4,7-8,15H2,1H3,(H,23,27). The number of nitro benzene ring substituents is 1. The predicted octanol–water partition coefficient (Wildman–Crippen LogP) is 4.02. The summed E-state index contributed by atoms with van der Waals surface area (Å²) in [6.45, 7) is -0.0353. The lowest BCUT2D eigenvalue weighted by molar-refractivity contribution is -0.384. The minimum Gasteiger partial charge on any atom is -0.484 e. The largest absolute Gasteiger partial charge is 0.484 e. The second kappa shape index (κ2) is 9.87. The molecule has 2 amide bonds. The van der Waals surface area contributed by atoms with Gasteiger partial charge in [-0.05, 0) is 43.2 Å². The molecule has 0 bridgehead atoms. The molecule has 0 aliphatic heterocycles. The van der Waals surface area contributed by atoms with E-state index in [0.717, 1.165) is 25.7 Å². The lowest BCUT2D eigenvalue weighted by Gasteiger charge is -2.31. The van der Waals surface area contributed by atoms with Crippen molar-refractivity contribution < 1.29 is 19.2 Å². The number of nitro groups is 1. The van der Waals surface area contributed by atoms with E-state index in [1.165, 1.54) is 30.7 Å². The molecule has 30 heavy (non-hydrogen) atoms. The van der Waals surface area contributed by atoms with Gasteiger partial charge in [0.1, 0.15) is 5.75 Å². The first-order valence-electron chi connectivity index (χ1n) is 9.98. The number of rotatable bonds is 7. The predicted molar refractivity (Wildman–Crippen MR) is 113 cm³/mol. The van der Waals surface area contributed by atoms with Gasteiger partial charge in [0.2, 0.25) is 0 Å². The Morgan fingerprint density at radius 2 is 1.83 bits per heavy atom. The Kier molecular flexibility index (Phi) is 7.00. The highest BCUT2D eigenvalue weighted by Gasteiger charge is 2.22. The van der Waals surface area contributed by atoms with Crippen LogP contribution in [0.3, 0.4) is 0 Å². The summed E-state index contributed by atoms with van der Waals surface area (Å²) < 4.78 is 5.59. The number of carbonyl (C=O) groups is 2. The quantitative estimate of drug-likeness (QED) is 0.548. The molecule has 0 atom stereocenters. The number of anilines is 1. The number of benzene rings is 2. The number of non-ortho nitro benzene ring substituents is 1. The van der Waals surface area contributed by atoms with Crippen molar-refractivity contribution in [3.63, 3.8) is 0 Å². The van der Waals surface area contributed by atoms with Crippen LogP contribution in [0.1, 0.15) is 42.5 Å². The van der Waals surface area contributed by atoms with Crippen LogP contribution in [0, 0.1) is 10.1 Å². The summed E-state index contributed by atoms with van der Waals surface area (Å²) in [6, 6.07) is 12.5. The lowest BCUT2D eigenvalue weighted by Crippen LogP contribution is -2.40. The van der Waals surface area contributed by atoms with Gasteiger partial charge in [-0.1, -0.05) is 25.3 Å². The van der Waals surface area contributed by atoms with E-state index in [1.807, 2.05) is 7.05 Å². The summed E-state index contributed by atoms with van der Waals surface area (Å²) in [6.07, 6.45) is 5.64. The minimum absolute atomic E-state index is 0.0353. The van der Waals surface area contributed by atoms with Crippen molar-refractivity contribution in [2.24, 2.45) is 0 Å². The number of nitrogens with one attached hydrogen (secondary N) is 1. The molecular weight excluding hydrogens is 386 g/mol. The highest BCUT2D eigenvalue weighted by molar-refractivity contribution is 6.04. The molecule has 0 spiro atoms. The molecule has 0 radical (unpaired) electrons. The molecule has 0 saturated heterocycles. The number of hydrogen-bond donors (Lipinski definition) is 1. The lowest BCUT2D eigenvalue weighted by atomic mass is 9.94. The number of amides is 2. The topological polar surface area (TPSA) is 102 Å². The molecule has 1 aliphatic rings. The van der Waals surface area contributed by atoms with E-state index in [1.54, 1.807) is 29.2 Å². The first-order valence-corrected chi connectivity index (χ1v) is 9.98. The molecule has 1 saturated carbocycles. The van der Waals surface area contributed by atoms with Crippen molar-refractivity contribution in [3.05, 3.63) is 64.2 Å². The third kappa shape index (κ3) is 5.56. The van der Waals surface area contributed by atoms with E-state index in [-0.39, 0.29) is 23.8 Å². The van der Waals surface area contributed by atoms with Crippen molar-refractivity contribution in [2.45, 2.75) is 38.1 Å². The number of likely N-dealkylation sites (N-methyl/N-ethyl adjacent to an activating group) is 1. The number of hydrogen-bond acceptors (Lipinski definition) is 5. The van der Waals surface area contributed by atoms with Crippen molar-refractivity contribution in [1.29, 1.82) is 0 Å². The van der Waals surface area contributed by atoms with Gasteiger partial charge in [0.05, 0.1) is 4.92 Å². The van der Waals surface area contributed by atoms with Crippen LogP contribution in [0.4, 0.5) is 11.4 Å². The summed E-state index contributed by atoms with van der Waals surface area (Å²) in [5.41, 5.74) is 0.569. The number of carbonyl (C=O) groups excluding carboxylic acids is 2. The van der Waals surface area contributed by atoms with E-state index < -0.39 is 10.8 Å². The van der Waals surface area contributed by atoms with Crippen LogP contribution in [0.25, 0.3) is 0 Å². The summed E-state index contributed by atoms with van der Waals surface area (Å²) in [7, 11) is 1.83. The fourth-order valence-electron chi connectivity index (χ4n) is 3.52. The van der Waals surface area contributed by atoms with Crippen LogP contribution in [-0.4, -0.2) is 41.3 Å². The van der Waals surface area contributed by atoms with Gasteiger partial charge in [-0.25, -0.2) is 0 Å². The molecule has 158 valence electrons. The Labute approximate surface area is 175 Å². The third-order valence-electron chi connectivity index (χ3n) is 5.31. The Hall–Kier alpha value is -3.42. The molecule has 1 N–H and O–H groups in total. The summed E-state index contributed by atoms with van der Waals surface area (Å²) in [5.74, 6) is 0.0235. The molecule has 1 fully saturated rings. The van der Waals surface area contributed by atoms with Crippen LogP contribution in [0.5, 0.6) is 5.75 Å². The van der Waals surface area contributed by atoms with Crippen LogP contribution in [-0.2, 0) is 4.79 Å². The minimum atomic E-state index is -0.546. The average Bonchev–Trinajstić information content (AvgIpc) is 2.78. The third-order valence-corrected chi connectivity index (χ3v) is 5.31. The zero-order chi connectivity index (χ0) is 21.5. The van der Waals surface area contributed by atoms with Gasteiger partial charge in [-0.3, -0.25) is 19.7 Å². The Bertz CT molecular complexity index is 907. The summed E-state index contributed by atoms with van der Waals surface area (Å²) >= 11 is 0. The van der Waals surface area contributed by atoms with E-state index in [0.29, 0.717) is 17.5 Å². The van der Waals surface area contributed by atoms with Crippen molar-refractivity contribution in [3.8, 4) is 5.75 Å². The van der Waals surface area contributed by atoms with Gasteiger partial charge in [-0.15, -0.1) is 0 Å². The molecule has 1 aliphatic carbocycles. The van der Waals surface area contributed by atoms with E-state index in [4.69, 9.17) is 4.74 Å². The Balaban J connectivity index is 1.52. The van der Waals surface area contributed by atoms with E-state index >= 15 is 0 Å². The smallest absolute Gasteiger partial charge is 0.270 e. The van der Waals surface area contributed by atoms with Crippen LogP contribution in [0.15, 0.2) is 48.5 Å². The number of nitrogens with zero attached hydrogens (tertiary/aromatic N) is 2. The highest BCUT2D eigenvalue weighted by Crippen LogP contribution is 2.22. The SMILES string of the molecule is CN(C(=O)COc1ccc(NC(=O)c2cccc([N+](=O)[O-])c2)cc1)C1CCCCC1. The van der Waals surface area contributed by atoms with E-state index in [2.05, 4.69) is 5.32 Å². The Morgan fingerprint density at radius 1 is 1.13 bits per heavy atom. The maximum Gasteiger partial charge on any atom is 0.270 e. The fourth-order valence-corrected chi connectivity index (χ4v) is 3.52. The molecule has 0 heterocycles. The maximum atomic E-state index is 12.4. The highest BCUT2D eigenvalue weighted by atomic mass is 16.6. The van der Waals surface area contributed by atoms with Gasteiger partial charge < -0.3 is 15.0 Å². The van der Waals surface area contributed by atoms with Crippen LogP contribution < -0.4 is 10.1 Å². The summed E-state index contributed by atoms with van der Waals surface area (Å²) in [5, 5.41) is 13.5. The van der Waals surface area contributed by atoms with Gasteiger partial charge in [0, 0.05) is 36.5 Å². The molecule has 2 aromatic rings. The van der Waals surface area contributed by atoms with Crippen molar-refractivity contribution in [2.75, 3.05) is 19.0 Å². The molecule has 8 nitrogen and oxygen atoms in total. The maximum absolute atomic E-state index is 12.4. The van der Waals surface area contributed by atoms with Crippen LogP contribution in [0.2, 0.25) is 0 Å². The van der Waals surface area contributed by atoms with Gasteiger partial charge in [0.15, 0.2) is 6.61 Å². The van der Waals surface area contributed by atoms with E-state index in [9.17, 15) is 19.7 Å². The first-order chi connectivity index (χ1) is 14.4. The Morgan fingerprint density at radius 3 is 2.50 bits per heavy atom. The zero-order valence-corrected chi connectivity index (χ0v) is 16.9.